The Morgan fingerprint density at radius 3 is 2.68 bits per heavy atom. The van der Waals surface area contributed by atoms with Crippen LogP contribution in [0, 0.1) is 0 Å². The molecule has 0 saturated carbocycles. The summed E-state index contributed by atoms with van der Waals surface area (Å²) in [6, 6.07) is 7.65. The van der Waals surface area contributed by atoms with Gasteiger partial charge in [0.1, 0.15) is 5.92 Å². The van der Waals surface area contributed by atoms with Gasteiger partial charge >= 0.3 is 5.97 Å². The van der Waals surface area contributed by atoms with Gasteiger partial charge in [-0.25, -0.2) is 4.79 Å². The Labute approximate surface area is 115 Å². The van der Waals surface area contributed by atoms with Crippen molar-refractivity contribution in [2.45, 2.75) is 17.7 Å². The molecule has 0 saturated heterocycles. The predicted octanol–water partition coefficient (Wildman–Crippen LogP) is 1.54. The number of carbonyl (C=O) groups is 2. The van der Waals surface area contributed by atoms with Crippen LogP contribution in [0.25, 0.3) is 0 Å². The van der Waals surface area contributed by atoms with E-state index in [1.54, 1.807) is 11.8 Å². The van der Waals surface area contributed by atoms with Crippen LogP contribution in [0.4, 0.5) is 0 Å². The van der Waals surface area contributed by atoms with Gasteiger partial charge in [-0.2, -0.15) is 0 Å². The van der Waals surface area contributed by atoms with Crippen LogP contribution >= 0.6 is 11.8 Å². The van der Waals surface area contributed by atoms with E-state index >= 15 is 0 Å². The van der Waals surface area contributed by atoms with Crippen LogP contribution < -0.4 is 5.32 Å². The van der Waals surface area contributed by atoms with Gasteiger partial charge in [0, 0.05) is 11.8 Å². The van der Waals surface area contributed by atoms with Gasteiger partial charge in [-0.3, -0.25) is 4.79 Å². The molecule has 1 aromatic rings. The fourth-order valence-electron chi connectivity index (χ4n) is 1.82. The number of benzene rings is 1. The average Bonchev–Trinajstić information content (AvgIpc) is 2.78. The van der Waals surface area contributed by atoms with E-state index in [4.69, 9.17) is 4.84 Å². The molecule has 1 unspecified atom stereocenters. The zero-order chi connectivity index (χ0) is 13.8. The van der Waals surface area contributed by atoms with Crippen LogP contribution in [0.2, 0.25) is 0 Å². The summed E-state index contributed by atoms with van der Waals surface area (Å²) in [5, 5.41) is 6.36. The molecule has 1 atom stereocenters. The van der Waals surface area contributed by atoms with Crippen molar-refractivity contribution in [1.29, 1.82) is 0 Å². The molecular formula is C13H14N2O3S. The predicted molar refractivity (Wildman–Crippen MR) is 73.2 cm³/mol. The first-order valence-electron chi connectivity index (χ1n) is 5.78. The highest BCUT2D eigenvalue weighted by atomic mass is 32.2. The molecule has 1 amide bonds. The summed E-state index contributed by atoms with van der Waals surface area (Å²) < 4.78 is 0. The third-order valence-electron chi connectivity index (χ3n) is 2.79. The SMILES string of the molecule is CSc1ccc(C2C(=O)ON=C2CNC(C)=O)cc1. The summed E-state index contributed by atoms with van der Waals surface area (Å²) in [6.07, 6.45) is 1.99. The van der Waals surface area contributed by atoms with E-state index in [1.165, 1.54) is 6.92 Å². The van der Waals surface area contributed by atoms with E-state index in [9.17, 15) is 9.59 Å². The summed E-state index contributed by atoms with van der Waals surface area (Å²) >= 11 is 1.63. The lowest BCUT2D eigenvalue weighted by Crippen LogP contribution is -2.30. The van der Waals surface area contributed by atoms with Gasteiger partial charge in [-0.05, 0) is 24.0 Å². The van der Waals surface area contributed by atoms with Gasteiger partial charge < -0.3 is 10.2 Å². The number of oxime groups is 1. The molecule has 1 aliphatic heterocycles. The standard InChI is InChI=1S/C13H14N2O3S/c1-8(16)14-7-11-12(13(17)18-15-11)9-3-5-10(19-2)6-4-9/h3-6,12H,7H2,1-2H3,(H,14,16). The summed E-state index contributed by atoms with van der Waals surface area (Å²) in [5.74, 6) is -1.10. The highest BCUT2D eigenvalue weighted by Crippen LogP contribution is 2.26. The van der Waals surface area contributed by atoms with Gasteiger partial charge in [0.05, 0.1) is 12.3 Å². The Bertz CT molecular complexity index is 525. The molecule has 1 heterocycles. The van der Waals surface area contributed by atoms with Gasteiger partial charge in [0.2, 0.25) is 5.91 Å². The molecule has 1 aliphatic rings. The van der Waals surface area contributed by atoms with Crippen molar-refractivity contribution in [3.05, 3.63) is 29.8 Å². The molecule has 19 heavy (non-hydrogen) atoms. The van der Waals surface area contributed by atoms with E-state index in [2.05, 4.69) is 10.5 Å². The van der Waals surface area contributed by atoms with E-state index in [0.717, 1.165) is 10.5 Å². The third kappa shape index (κ3) is 3.14. The van der Waals surface area contributed by atoms with Crippen molar-refractivity contribution < 1.29 is 14.4 Å². The second-order valence-electron chi connectivity index (χ2n) is 4.11. The molecule has 0 aromatic heterocycles. The number of nitrogens with one attached hydrogen (secondary N) is 1. The first-order valence-corrected chi connectivity index (χ1v) is 7.00. The van der Waals surface area contributed by atoms with Crippen molar-refractivity contribution in [2.24, 2.45) is 5.16 Å². The molecule has 0 radical (unpaired) electrons. The number of amides is 1. The normalized spacial score (nSPS) is 17.9. The van der Waals surface area contributed by atoms with Gasteiger partial charge in [-0.1, -0.05) is 17.3 Å². The number of hydrogen-bond donors (Lipinski definition) is 1. The summed E-state index contributed by atoms with van der Waals surface area (Å²) in [4.78, 5) is 28.5. The van der Waals surface area contributed by atoms with E-state index < -0.39 is 11.9 Å². The first-order chi connectivity index (χ1) is 9.11. The molecule has 5 nitrogen and oxygen atoms in total. The lowest BCUT2D eigenvalue weighted by molar-refractivity contribution is -0.141. The topological polar surface area (TPSA) is 67.8 Å². The third-order valence-corrected chi connectivity index (χ3v) is 3.53. The number of carbonyl (C=O) groups excluding carboxylic acids is 2. The lowest BCUT2D eigenvalue weighted by Gasteiger charge is -2.10. The molecule has 6 heteroatoms. The second-order valence-corrected chi connectivity index (χ2v) is 4.99. The number of thioether (sulfide) groups is 1. The van der Waals surface area contributed by atoms with Crippen LogP contribution in [-0.4, -0.2) is 30.4 Å². The van der Waals surface area contributed by atoms with E-state index in [-0.39, 0.29) is 12.5 Å². The quantitative estimate of drug-likeness (QED) is 0.670. The van der Waals surface area contributed by atoms with E-state index in [1.807, 2.05) is 30.5 Å². The number of nitrogens with zero attached hydrogens (tertiary/aromatic N) is 1. The minimum atomic E-state index is -0.525. The molecule has 0 spiro atoms. The highest BCUT2D eigenvalue weighted by Gasteiger charge is 2.34. The molecule has 100 valence electrons. The largest absolute Gasteiger partial charge is 0.351 e. The lowest BCUT2D eigenvalue weighted by atomic mass is 9.94. The Morgan fingerprint density at radius 2 is 2.11 bits per heavy atom. The Kier molecular flexibility index (Phi) is 4.21. The van der Waals surface area contributed by atoms with Crippen molar-refractivity contribution in [2.75, 3.05) is 12.8 Å². The minimum Gasteiger partial charge on any atom is -0.351 e. The van der Waals surface area contributed by atoms with Crippen molar-refractivity contribution in [3.63, 3.8) is 0 Å². The Morgan fingerprint density at radius 1 is 1.42 bits per heavy atom. The van der Waals surface area contributed by atoms with Crippen molar-refractivity contribution in [1.82, 2.24) is 5.32 Å². The Hall–Kier alpha value is -1.82. The second kappa shape index (κ2) is 5.88. The van der Waals surface area contributed by atoms with Gasteiger partial charge in [0.25, 0.3) is 0 Å². The minimum absolute atomic E-state index is 0.168. The van der Waals surface area contributed by atoms with Crippen LogP contribution in [0.15, 0.2) is 34.3 Å². The fraction of sp³-hybridized carbons (Fsp3) is 0.308. The molecular weight excluding hydrogens is 264 g/mol. The van der Waals surface area contributed by atoms with E-state index in [0.29, 0.717) is 5.71 Å². The van der Waals surface area contributed by atoms with Crippen LogP contribution in [0.3, 0.4) is 0 Å². The summed E-state index contributed by atoms with van der Waals surface area (Å²) in [7, 11) is 0. The highest BCUT2D eigenvalue weighted by molar-refractivity contribution is 7.98. The van der Waals surface area contributed by atoms with Gasteiger partial charge in [0.15, 0.2) is 0 Å². The van der Waals surface area contributed by atoms with Crippen molar-refractivity contribution in [3.8, 4) is 0 Å². The first kappa shape index (κ1) is 13.6. The molecule has 0 fully saturated rings. The maximum atomic E-state index is 11.7. The van der Waals surface area contributed by atoms with Crippen molar-refractivity contribution >= 4 is 29.4 Å². The zero-order valence-corrected chi connectivity index (χ0v) is 11.5. The van der Waals surface area contributed by atoms with Crippen LogP contribution in [0.1, 0.15) is 18.4 Å². The molecule has 1 N–H and O–H groups in total. The molecule has 1 aromatic carbocycles. The molecule has 2 rings (SSSR count). The van der Waals surface area contributed by atoms with Crippen LogP contribution in [-0.2, 0) is 14.4 Å². The monoisotopic (exact) mass is 278 g/mol. The molecule has 0 bridgehead atoms. The summed E-state index contributed by atoms with van der Waals surface area (Å²) in [6.45, 7) is 1.64. The Balaban J connectivity index is 2.17. The maximum Gasteiger partial charge on any atom is 0.348 e. The summed E-state index contributed by atoms with van der Waals surface area (Å²) in [5.41, 5.74) is 1.35. The zero-order valence-electron chi connectivity index (χ0n) is 10.7. The number of hydrogen-bond acceptors (Lipinski definition) is 5. The van der Waals surface area contributed by atoms with Gasteiger partial charge in [-0.15, -0.1) is 11.8 Å². The molecule has 0 aliphatic carbocycles. The fourth-order valence-corrected chi connectivity index (χ4v) is 2.23. The maximum absolute atomic E-state index is 11.7. The average molecular weight is 278 g/mol. The number of rotatable bonds is 4. The smallest absolute Gasteiger partial charge is 0.348 e. The van der Waals surface area contributed by atoms with Crippen LogP contribution in [0.5, 0.6) is 0 Å².